The molecule has 0 atom stereocenters. The van der Waals surface area contributed by atoms with Gasteiger partial charge in [0.25, 0.3) is 0 Å². The predicted octanol–water partition coefficient (Wildman–Crippen LogP) is 33.4. The fourth-order valence-corrected chi connectivity index (χ4v) is 17.8. The predicted molar refractivity (Wildman–Crippen MR) is 539 cm³/mol. The number of hydrogen-bond donors (Lipinski definition) is 2. The molecule has 0 amide bonds. The summed E-state index contributed by atoms with van der Waals surface area (Å²) in [5, 5.41) is 6.45. The van der Waals surface area contributed by atoms with E-state index in [4.69, 9.17) is 9.47 Å². The average molecular weight is 1670 g/mol. The standard InChI is InChI=1S/C19H22.C11H15N.C10H12.C9H11N.C9H10O2.C9H12.C8H11N.C8H16.C7H9N.3C7H14.C6H12/c1-3-15-19(16-4-2,17-11-7-5-8-12-17)18-13-9-6-10-14-18;1-3-7-11(8-4-1)12-9-5-2-6-10-12;1-2-6-10-8-4-3-7-9(10)5-1;1-2-6-9-8(4-1)5-3-7-10-9;1-2-7-3-4-8-9(5-7)11-6-10-8;1-3-9-6-4-8(2)5-7-9;1-9-7-8-5-3-2-4-6-8;1-2-8-6-4-3-5-7-8;1-2-7-3-5-8-6-4-7;2*1-7-5-3-2-4-6-7;1-2-4-6-7-5-3-1;1-2-4-6-5-3-1/h3,5-14H,1,4,15-16H2,2H3;1,3-4,7-8H,2,5-6,9-10H2;1-2,5-6H,3-4,7-8H2;1-2,4,6,10H,3,5,7H2;3-5H,2,6H2,1H3;4-7H,3H2,1-2H3;2-6,9H,7H2,1H3;8H,2-7H2,1H3;3-6H,2H2,1H3;2*7H,2-6H2,1H3;1-7H2;1-6H2. The third kappa shape index (κ3) is 45.5. The molecule has 0 unspecified atom stereocenters. The Balaban J connectivity index is 0.000000209. The lowest BCUT2D eigenvalue weighted by Crippen LogP contribution is -2.29. The normalized spacial score (nSPS) is 16.2. The maximum absolute atomic E-state index is 5.22. The van der Waals surface area contributed by atoms with Crippen molar-refractivity contribution in [1.29, 1.82) is 0 Å². The molecule has 9 aromatic rings. The summed E-state index contributed by atoms with van der Waals surface area (Å²) in [6.07, 6.45) is 67.6. The molecule has 6 fully saturated rings. The molecule has 6 aliphatic carbocycles. The third-order valence-corrected chi connectivity index (χ3v) is 25.6. The van der Waals surface area contributed by atoms with Gasteiger partial charge in [-0.2, -0.15) is 0 Å². The number of pyridine rings is 1. The van der Waals surface area contributed by atoms with Crippen molar-refractivity contribution in [3.63, 3.8) is 0 Å². The molecule has 1 aromatic heterocycles. The van der Waals surface area contributed by atoms with Gasteiger partial charge in [-0.05, 0) is 214 Å². The lowest BCUT2D eigenvalue weighted by Gasteiger charge is -2.34. The van der Waals surface area contributed by atoms with E-state index < -0.39 is 0 Å². The van der Waals surface area contributed by atoms with Crippen molar-refractivity contribution in [3.8, 4) is 11.5 Å². The van der Waals surface area contributed by atoms with E-state index >= 15 is 0 Å². The molecule has 1 saturated heterocycles. The van der Waals surface area contributed by atoms with Crippen molar-refractivity contribution in [3.05, 3.63) is 305 Å². The minimum atomic E-state index is 0.0685. The molecule has 0 spiro atoms. The van der Waals surface area contributed by atoms with E-state index in [1.165, 1.54) is 313 Å². The zero-order chi connectivity index (χ0) is 87.4. The molecular formula is C117H172N4O2. The van der Waals surface area contributed by atoms with E-state index in [1.807, 2.05) is 61.9 Å². The Kier molecular flexibility index (Phi) is 57.4. The van der Waals surface area contributed by atoms with Gasteiger partial charge >= 0.3 is 0 Å². The minimum absolute atomic E-state index is 0.0685. The highest BCUT2D eigenvalue weighted by Crippen LogP contribution is 2.41. The van der Waals surface area contributed by atoms with E-state index in [-0.39, 0.29) is 5.41 Å². The number of aromatic nitrogens is 1. The molecule has 672 valence electrons. The van der Waals surface area contributed by atoms with Gasteiger partial charge in [0.1, 0.15) is 0 Å². The number of rotatable bonds is 13. The van der Waals surface area contributed by atoms with Crippen LogP contribution in [0.5, 0.6) is 11.5 Å². The van der Waals surface area contributed by atoms with Crippen LogP contribution in [0.1, 0.15) is 348 Å². The van der Waals surface area contributed by atoms with E-state index in [0.717, 1.165) is 80.9 Å². The summed E-state index contributed by atoms with van der Waals surface area (Å²) in [5.41, 5.74) is 16.9. The largest absolute Gasteiger partial charge is 0.454 e. The number of allylic oxidation sites excluding steroid dienone is 1. The van der Waals surface area contributed by atoms with E-state index in [9.17, 15) is 0 Å². The van der Waals surface area contributed by atoms with Crippen LogP contribution < -0.4 is 25.0 Å². The Morgan fingerprint density at radius 1 is 0.415 bits per heavy atom. The molecule has 0 radical (unpaired) electrons. The van der Waals surface area contributed by atoms with Crippen molar-refractivity contribution in [2.24, 2.45) is 17.8 Å². The molecule has 123 heavy (non-hydrogen) atoms. The van der Waals surface area contributed by atoms with Crippen LogP contribution >= 0.6 is 0 Å². The number of ether oxygens (including phenoxy) is 2. The van der Waals surface area contributed by atoms with E-state index in [2.05, 4.69) is 271 Å². The summed E-state index contributed by atoms with van der Waals surface area (Å²) in [6.45, 7) is 26.7. The van der Waals surface area contributed by atoms with Gasteiger partial charge in [-0.15, -0.1) is 6.58 Å². The number of fused-ring (bicyclic) bond motifs is 3. The maximum Gasteiger partial charge on any atom is 0.231 e. The van der Waals surface area contributed by atoms with Gasteiger partial charge in [0.05, 0.1) is 0 Å². The topological polar surface area (TPSA) is 58.7 Å². The molecule has 3 aliphatic heterocycles. The summed E-state index contributed by atoms with van der Waals surface area (Å²) in [7, 11) is 1.95. The highest BCUT2D eigenvalue weighted by molar-refractivity contribution is 5.53. The number of anilines is 2. The van der Waals surface area contributed by atoms with Crippen LogP contribution in [0.15, 0.2) is 250 Å². The van der Waals surface area contributed by atoms with Crippen molar-refractivity contribution in [2.45, 2.75) is 350 Å². The van der Waals surface area contributed by atoms with Gasteiger partial charge in [0, 0.05) is 55.4 Å². The summed E-state index contributed by atoms with van der Waals surface area (Å²) in [5.74, 6) is 4.90. The Hall–Kier alpha value is -8.19. The molecule has 9 aliphatic rings. The molecule has 18 rings (SSSR count). The molecule has 8 aromatic carbocycles. The zero-order valence-corrected chi connectivity index (χ0v) is 79.4. The second-order valence-electron chi connectivity index (χ2n) is 35.7. The first-order chi connectivity index (χ1) is 60.5. The van der Waals surface area contributed by atoms with Crippen molar-refractivity contribution >= 4 is 11.4 Å². The first kappa shape index (κ1) is 104. The van der Waals surface area contributed by atoms with Gasteiger partial charge in [-0.25, -0.2) is 0 Å². The van der Waals surface area contributed by atoms with Crippen LogP contribution in [-0.4, -0.2) is 38.5 Å². The molecule has 6 heteroatoms. The van der Waals surface area contributed by atoms with Crippen molar-refractivity contribution in [2.75, 3.05) is 43.7 Å². The molecule has 2 N–H and O–H groups in total. The van der Waals surface area contributed by atoms with Crippen LogP contribution in [-0.2, 0) is 50.5 Å². The number of aryl methyl sites for hydroxylation is 7. The first-order valence-corrected chi connectivity index (χ1v) is 50.0. The Morgan fingerprint density at radius 3 is 1.24 bits per heavy atom. The maximum atomic E-state index is 5.22. The zero-order valence-electron chi connectivity index (χ0n) is 79.4. The molecule has 5 saturated carbocycles. The van der Waals surface area contributed by atoms with Crippen LogP contribution in [0.3, 0.4) is 0 Å². The minimum Gasteiger partial charge on any atom is -0.454 e. The molecular weight excluding hydrogens is 1490 g/mol. The second-order valence-corrected chi connectivity index (χ2v) is 35.7. The van der Waals surface area contributed by atoms with E-state index in [1.54, 1.807) is 11.1 Å². The quantitative estimate of drug-likeness (QED) is 0.0886. The number of nitrogens with one attached hydrogen (secondary N) is 2. The number of hydrogen-bond acceptors (Lipinski definition) is 6. The summed E-state index contributed by atoms with van der Waals surface area (Å²) in [6, 6.07) is 78.8. The van der Waals surface area contributed by atoms with Crippen molar-refractivity contribution < 1.29 is 9.47 Å². The summed E-state index contributed by atoms with van der Waals surface area (Å²) >= 11 is 0. The van der Waals surface area contributed by atoms with Crippen LogP contribution in [0, 0.1) is 24.7 Å². The van der Waals surface area contributed by atoms with Gasteiger partial charge < -0.3 is 25.0 Å². The van der Waals surface area contributed by atoms with Crippen LogP contribution in [0.4, 0.5) is 11.4 Å². The number of para-hydroxylation sites is 2. The monoisotopic (exact) mass is 1670 g/mol. The molecule has 0 bridgehead atoms. The lowest BCUT2D eigenvalue weighted by atomic mass is 9.69. The Morgan fingerprint density at radius 2 is 0.821 bits per heavy atom. The molecule has 6 nitrogen and oxygen atoms in total. The second kappa shape index (κ2) is 68.1. The average Bonchev–Trinajstić information content (AvgIpc) is 1.78. The Bertz CT molecular complexity index is 3720. The highest BCUT2D eigenvalue weighted by Gasteiger charge is 2.32. The number of nitrogens with zero attached hydrogens (tertiary/aromatic N) is 2. The first-order valence-electron chi connectivity index (χ1n) is 50.0. The third-order valence-electron chi connectivity index (χ3n) is 25.6. The smallest absolute Gasteiger partial charge is 0.231 e. The fourth-order valence-electron chi connectivity index (χ4n) is 17.8. The van der Waals surface area contributed by atoms with Crippen molar-refractivity contribution in [1.82, 2.24) is 10.3 Å². The molecule has 4 heterocycles. The van der Waals surface area contributed by atoms with Gasteiger partial charge in [-0.1, -0.05) is 435 Å². The summed E-state index contributed by atoms with van der Waals surface area (Å²) in [4.78, 5) is 6.37. The Labute approximate surface area is 754 Å². The number of piperidine rings is 1. The highest BCUT2D eigenvalue weighted by atomic mass is 16.7. The van der Waals surface area contributed by atoms with Gasteiger partial charge in [0.15, 0.2) is 11.5 Å². The summed E-state index contributed by atoms with van der Waals surface area (Å²) < 4.78 is 10.4. The fraction of sp³-hybridized carbons (Fsp3) is 0.530. The van der Waals surface area contributed by atoms with Gasteiger partial charge in [0.2, 0.25) is 6.79 Å². The van der Waals surface area contributed by atoms with Crippen LogP contribution in [0.2, 0.25) is 0 Å². The van der Waals surface area contributed by atoms with Crippen LogP contribution in [0.25, 0.3) is 0 Å². The van der Waals surface area contributed by atoms with Gasteiger partial charge in [-0.3, -0.25) is 4.98 Å². The lowest BCUT2D eigenvalue weighted by molar-refractivity contribution is 0.174. The number of benzene rings is 8. The van der Waals surface area contributed by atoms with E-state index in [0.29, 0.717) is 6.79 Å². The SMILES string of the molecule is C1CCCCC1.C1CCCCCC1.C=CCC(CCC)(c1ccccc1)c1ccccc1.CC1CCCCC1.CC1CCCCC1.CCC1CCCCC1.CCc1ccc(C)cc1.CCc1ccc2c(c1)OCO2.CCc1ccncc1.CNCc1ccccc1.c1ccc(N2CCCCC2)cc1.c1ccc2c(c1)CCCC2.c1ccc2c(c1)CCCN2.